The molecule has 1 atom stereocenters. The summed E-state index contributed by atoms with van der Waals surface area (Å²) < 4.78 is 29.5. The van der Waals surface area contributed by atoms with Gasteiger partial charge in [-0.05, 0) is 25.5 Å². The van der Waals surface area contributed by atoms with Gasteiger partial charge in [-0.1, -0.05) is 6.07 Å². The summed E-state index contributed by atoms with van der Waals surface area (Å²) in [6, 6.07) is 3.46. The first kappa shape index (κ1) is 18.9. The zero-order valence-corrected chi connectivity index (χ0v) is 15.3. The second kappa shape index (κ2) is 7.60. The van der Waals surface area contributed by atoms with E-state index in [1.165, 1.54) is 4.31 Å². The van der Waals surface area contributed by atoms with Gasteiger partial charge in [0, 0.05) is 44.8 Å². The summed E-state index contributed by atoms with van der Waals surface area (Å²) in [6.07, 6.45) is 5.02. The summed E-state index contributed by atoms with van der Waals surface area (Å²) in [4.78, 5) is 8.37. The van der Waals surface area contributed by atoms with E-state index < -0.39 is 10.0 Å². The Morgan fingerprint density at radius 3 is 2.83 bits per heavy atom. The Balaban J connectivity index is 0.00000208. The van der Waals surface area contributed by atoms with Crippen molar-refractivity contribution in [3.8, 4) is 0 Å². The molecule has 9 heteroatoms. The normalized spacial score (nSPS) is 19.0. The lowest BCUT2D eigenvalue weighted by Gasteiger charge is -2.34. The van der Waals surface area contributed by atoms with Crippen LogP contribution in [0.2, 0.25) is 0 Å². The van der Waals surface area contributed by atoms with Gasteiger partial charge in [-0.25, -0.2) is 13.4 Å². The molecule has 0 spiro atoms. The molecule has 7 nitrogen and oxygen atoms in total. The molecule has 0 aromatic carbocycles. The molecular weight excluding hydrogens is 350 g/mol. The highest BCUT2D eigenvalue weighted by Gasteiger charge is 2.36. The fourth-order valence-electron chi connectivity index (χ4n) is 2.87. The van der Waals surface area contributed by atoms with Crippen LogP contribution in [0, 0.1) is 6.92 Å². The summed E-state index contributed by atoms with van der Waals surface area (Å²) in [5, 5.41) is 3.37. The van der Waals surface area contributed by atoms with Gasteiger partial charge in [-0.15, -0.1) is 12.4 Å². The Bertz CT molecular complexity index is 778. The molecule has 0 radical (unpaired) electrons. The predicted molar refractivity (Wildman–Crippen MR) is 93.6 cm³/mol. The van der Waals surface area contributed by atoms with Crippen molar-refractivity contribution in [3.63, 3.8) is 0 Å². The number of hydrogen-bond donors (Lipinski definition) is 1. The molecule has 1 unspecified atom stereocenters. The SMILES string of the molecule is CCn1cc(S(=O)(=O)N2CCNCC2c2cccnc2)nc1C.Cl. The van der Waals surface area contributed by atoms with Gasteiger partial charge in [0.05, 0.1) is 6.04 Å². The molecular formula is C15H22ClN5O2S. The molecule has 0 aliphatic carbocycles. The van der Waals surface area contributed by atoms with Crippen LogP contribution in [0.4, 0.5) is 0 Å². The van der Waals surface area contributed by atoms with Gasteiger partial charge in [0.15, 0.2) is 5.03 Å². The third-order valence-corrected chi connectivity index (χ3v) is 5.91. The van der Waals surface area contributed by atoms with Gasteiger partial charge in [0.1, 0.15) is 5.82 Å². The van der Waals surface area contributed by atoms with Crippen molar-refractivity contribution in [2.75, 3.05) is 19.6 Å². The smallest absolute Gasteiger partial charge is 0.262 e. The van der Waals surface area contributed by atoms with Crippen molar-refractivity contribution < 1.29 is 8.42 Å². The Morgan fingerprint density at radius 2 is 2.21 bits per heavy atom. The van der Waals surface area contributed by atoms with Crippen LogP contribution in [0.25, 0.3) is 0 Å². The molecule has 1 fully saturated rings. The summed E-state index contributed by atoms with van der Waals surface area (Å²) >= 11 is 0. The van der Waals surface area contributed by atoms with E-state index in [1.807, 2.05) is 30.5 Å². The lowest BCUT2D eigenvalue weighted by Crippen LogP contribution is -2.48. The summed E-state index contributed by atoms with van der Waals surface area (Å²) in [7, 11) is -3.64. The van der Waals surface area contributed by atoms with Crippen molar-refractivity contribution in [1.82, 2.24) is 24.2 Å². The maximum Gasteiger partial charge on any atom is 0.262 e. The summed E-state index contributed by atoms with van der Waals surface area (Å²) in [6.45, 7) is 6.09. The van der Waals surface area contributed by atoms with Crippen molar-refractivity contribution in [2.45, 2.75) is 31.5 Å². The molecule has 3 heterocycles. The first-order valence-electron chi connectivity index (χ1n) is 7.70. The van der Waals surface area contributed by atoms with E-state index in [2.05, 4.69) is 15.3 Å². The maximum atomic E-state index is 13.1. The molecule has 2 aromatic rings. The van der Waals surface area contributed by atoms with Gasteiger partial charge in [-0.2, -0.15) is 4.31 Å². The van der Waals surface area contributed by atoms with E-state index in [4.69, 9.17) is 0 Å². The third kappa shape index (κ3) is 3.46. The number of piperazine rings is 1. The van der Waals surface area contributed by atoms with E-state index in [0.717, 1.165) is 5.56 Å². The van der Waals surface area contributed by atoms with Crippen LogP contribution in [-0.2, 0) is 16.6 Å². The van der Waals surface area contributed by atoms with Crippen LogP contribution in [0.1, 0.15) is 24.4 Å². The Labute approximate surface area is 148 Å². The highest BCUT2D eigenvalue weighted by molar-refractivity contribution is 7.89. The molecule has 0 bridgehead atoms. The second-order valence-electron chi connectivity index (χ2n) is 5.53. The molecule has 132 valence electrons. The van der Waals surface area contributed by atoms with E-state index in [1.54, 1.807) is 18.6 Å². The van der Waals surface area contributed by atoms with Crippen molar-refractivity contribution in [2.24, 2.45) is 0 Å². The highest BCUT2D eigenvalue weighted by Crippen LogP contribution is 2.28. The number of rotatable bonds is 4. The number of pyridine rings is 1. The molecule has 1 N–H and O–H groups in total. The number of hydrogen-bond acceptors (Lipinski definition) is 5. The Hall–Kier alpha value is -1.48. The van der Waals surface area contributed by atoms with E-state index in [-0.39, 0.29) is 23.5 Å². The lowest BCUT2D eigenvalue weighted by atomic mass is 10.1. The topological polar surface area (TPSA) is 80.1 Å². The predicted octanol–water partition coefficient (Wildman–Crippen LogP) is 1.36. The zero-order valence-electron chi connectivity index (χ0n) is 13.7. The van der Waals surface area contributed by atoms with Crippen molar-refractivity contribution >= 4 is 22.4 Å². The van der Waals surface area contributed by atoms with Gasteiger partial charge >= 0.3 is 0 Å². The fourth-order valence-corrected chi connectivity index (χ4v) is 4.49. The number of halogens is 1. The third-order valence-electron chi connectivity index (χ3n) is 4.13. The second-order valence-corrected chi connectivity index (χ2v) is 7.37. The molecule has 24 heavy (non-hydrogen) atoms. The van der Waals surface area contributed by atoms with Crippen LogP contribution in [0.15, 0.2) is 35.7 Å². The van der Waals surface area contributed by atoms with Crippen molar-refractivity contribution in [3.05, 3.63) is 42.1 Å². The average molecular weight is 372 g/mol. The molecule has 3 rings (SSSR count). The molecule has 1 aliphatic heterocycles. The van der Waals surface area contributed by atoms with Gasteiger partial charge in [0.2, 0.25) is 0 Å². The van der Waals surface area contributed by atoms with E-state index >= 15 is 0 Å². The zero-order chi connectivity index (χ0) is 16.4. The summed E-state index contributed by atoms with van der Waals surface area (Å²) in [5.41, 5.74) is 0.884. The standard InChI is InChI=1S/C15H21N5O2S.ClH/c1-3-19-11-15(18-12(19)2)23(21,22)20-8-7-17-10-14(20)13-5-4-6-16-9-13;/h4-6,9,11,14,17H,3,7-8,10H2,1-2H3;1H. The monoisotopic (exact) mass is 371 g/mol. The number of sulfonamides is 1. The van der Waals surface area contributed by atoms with Gasteiger partial charge < -0.3 is 9.88 Å². The lowest BCUT2D eigenvalue weighted by molar-refractivity contribution is 0.270. The molecule has 2 aromatic heterocycles. The Morgan fingerprint density at radius 1 is 1.42 bits per heavy atom. The number of imidazole rings is 1. The molecule has 1 saturated heterocycles. The minimum Gasteiger partial charge on any atom is -0.334 e. The Kier molecular flexibility index (Phi) is 5.97. The van der Waals surface area contributed by atoms with Gasteiger partial charge in [-0.3, -0.25) is 4.98 Å². The van der Waals surface area contributed by atoms with E-state index in [0.29, 0.717) is 32.0 Å². The van der Waals surface area contributed by atoms with Crippen LogP contribution in [-0.4, -0.2) is 46.9 Å². The van der Waals surface area contributed by atoms with Crippen LogP contribution >= 0.6 is 12.4 Å². The number of nitrogens with one attached hydrogen (secondary N) is 1. The van der Waals surface area contributed by atoms with Gasteiger partial charge in [0.25, 0.3) is 10.0 Å². The number of nitrogens with zero attached hydrogens (tertiary/aromatic N) is 4. The molecule has 0 amide bonds. The first-order valence-corrected chi connectivity index (χ1v) is 9.14. The van der Waals surface area contributed by atoms with Crippen LogP contribution < -0.4 is 5.32 Å². The molecule has 0 saturated carbocycles. The quantitative estimate of drug-likeness (QED) is 0.877. The fraction of sp³-hybridized carbons (Fsp3) is 0.467. The minimum atomic E-state index is -3.64. The summed E-state index contributed by atoms with van der Waals surface area (Å²) in [5.74, 6) is 0.708. The minimum absolute atomic E-state index is 0. The largest absolute Gasteiger partial charge is 0.334 e. The van der Waals surface area contributed by atoms with E-state index in [9.17, 15) is 8.42 Å². The first-order chi connectivity index (χ1) is 11.0. The number of aryl methyl sites for hydroxylation is 2. The number of aromatic nitrogens is 3. The average Bonchev–Trinajstić information content (AvgIpc) is 2.97. The maximum absolute atomic E-state index is 13.1. The van der Waals surface area contributed by atoms with Crippen molar-refractivity contribution in [1.29, 1.82) is 0 Å². The van der Waals surface area contributed by atoms with Crippen LogP contribution in [0.3, 0.4) is 0 Å². The van der Waals surface area contributed by atoms with Crippen LogP contribution in [0.5, 0.6) is 0 Å². The molecule has 1 aliphatic rings. The highest BCUT2D eigenvalue weighted by atomic mass is 35.5.